The van der Waals surface area contributed by atoms with Crippen molar-refractivity contribution in [3.8, 4) is 5.75 Å². The number of rotatable bonds is 4. The van der Waals surface area contributed by atoms with Crippen LogP contribution in [0.1, 0.15) is 49.8 Å². The van der Waals surface area contributed by atoms with E-state index in [9.17, 15) is 5.11 Å². The van der Waals surface area contributed by atoms with Gasteiger partial charge in [0.2, 0.25) is 0 Å². The van der Waals surface area contributed by atoms with E-state index in [4.69, 9.17) is 0 Å². The van der Waals surface area contributed by atoms with Gasteiger partial charge >= 0.3 is 0 Å². The Labute approximate surface area is 161 Å². The van der Waals surface area contributed by atoms with Crippen LogP contribution in [0.5, 0.6) is 5.75 Å². The summed E-state index contributed by atoms with van der Waals surface area (Å²) in [7, 11) is 0. The third-order valence-electron chi connectivity index (χ3n) is 6.96. The molecule has 27 heavy (non-hydrogen) atoms. The Morgan fingerprint density at radius 3 is 2.70 bits per heavy atom. The number of aromatic nitrogens is 2. The molecule has 3 atom stereocenters. The molecule has 1 aromatic carbocycles. The molecule has 4 aliphatic rings. The average molecular weight is 367 g/mol. The smallest absolute Gasteiger partial charge is 0.115 e. The maximum atomic E-state index is 10.0. The summed E-state index contributed by atoms with van der Waals surface area (Å²) in [6.45, 7) is 8.87. The number of phenols is 1. The number of nitrogens with zero attached hydrogens (tertiary/aromatic N) is 4. The van der Waals surface area contributed by atoms with Gasteiger partial charge in [0.25, 0.3) is 0 Å². The molecule has 144 valence electrons. The fraction of sp³-hybridized carbons (Fsp3) is 0.591. The topological polar surface area (TPSA) is 44.5 Å². The fourth-order valence-electron chi connectivity index (χ4n) is 5.75. The highest BCUT2D eigenvalue weighted by atomic mass is 16.3. The molecule has 2 bridgehead atoms. The SMILES string of the molecule is CC(C)n1cc(CN2C[C@@H](c3cccc(O)c3)[C@@H]3[C@H]2C2CCN3CC2)cn1. The number of likely N-dealkylation sites (tertiary alicyclic amines) is 1. The van der Waals surface area contributed by atoms with Gasteiger partial charge < -0.3 is 5.11 Å². The summed E-state index contributed by atoms with van der Waals surface area (Å²) in [5.74, 6) is 1.67. The molecular weight excluding hydrogens is 336 g/mol. The van der Waals surface area contributed by atoms with Crippen molar-refractivity contribution in [2.75, 3.05) is 19.6 Å². The average Bonchev–Trinajstić information content (AvgIpc) is 3.30. The molecule has 2 aromatic rings. The molecule has 0 aliphatic carbocycles. The summed E-state index contributed by atoms with van der Waals surface area (Å²) >= 11 is 0. The molecule has 1 N–H and O–H groups in total. The van der Waals surface area contributed by atoms with E-state index in [0.29, 0.717) is 29.8 Å². The van der Waals surface area contributed by atoms with Gasteiger partial charge in [-0.1, -0.05) is 12.1 Å². The van der Waals surface area contributed by atoms with Crippen molar-refractivity contribution in [2.45, 2.75) is 57.3 Å². The zero-order valence-corrected chi connectivity index (χ0v) is 16.3. The second-order valence-electron chi connectivity index (χ2n) is 8.91. The lowest BCUT2D eigenvalue weighted by atomic mass is 9.75. The zero-order valence-electron chi connectivity index (χ0n) is 16.3. The third-order valence-corrected chi connectivity index (χ3v) is 6.96. The van der Waals surface area contributed by atoms with Crippen molar-refractivity contribution < 1.29 is 5.11 Å². The van der Waals surface area contributed by atoms with Crippen molar-refractivity contribution in [1.29, 1.82) is 0 Å². The van der Waals surface area contributed by atoms with Gasteiger partial charge in [0.05, 0.1) is 6.20 Å². The lowest BCUT2D eigenvalue weighted by molar-refractivity contribution is -0.00870. The molecule has 5 heteroatoms. The van der Waals surface area contributed by atoms with Gasteiger partial charge in [-0.25, -0.2) is 0 Å². The van der Waals surface area contributed by atoms with E-state index in [-0.39, 0.29) is 0 Å². The highest BCUT2D eigenvalue weighted by Gasteiger charge is 2.53. The van der Waals surface area contributed by atoms with Crippen LogP contribution in [0.3, 0.4) is 0 Å². The molecule has 6 rings (SSSR count). The predicted molar refractivity (Wildman–Crippen MR) is 106 cm³/mol. The second kappa shape index (κ2) is 6.64. The minimum absolute atomic E-state index is 0.386. The van der Waals surface area contributed by atoms with Crippen LogP contribution in [-0.2, 0) is 6.54 Å². The van der Waals surface area contributed by atoms with Crippen LogP contribution in [-0.4, -0.2) is 56.4 Å². The van der Waals surface area contributed by atoms with Gasteiger partial charge in [0.15, 0.2) is 0 Å². The molecule has 0 spiro atoms. The van der Waals surface area contributed by atoms with Crippen molar-refractivity contribution >= 4 is 0 Å². The Morgan fingerprint density at radius 2 is 2.00 bits per heavy atom. The first kappa shape index (κ1) is 17.3. The quantitative estimate of drug-likeness (QED) is 0.902. The van der Waals surface area contributed by atoms with Crippen molar-refractivity contribution in [1.82, 2.24) is 19.6 Å². The second-order valence-corrected chi connectivity index (χ2v) is 8.91. The van der Waals surface area contributed by atoms with E-state index in [1.54, 1.807) is 6.07 Å². The van der Waals surface area contributed by atoms with E-state index in [1.165, 1.54) is 37.1 Å². The molecule has 4 fully saturated rings. The largest absolute Gasteiger partial charge is 0.508 e. The highest BCUT2D eigenvalue weighted by molar-refractivity contribution is 5.33. The molecule has 4 saturated heterocycles. The van der Waals surface area contributed by atoms with Crippen molar-refractivity contribution in [2.24, 2.45) is 5.92 Å². The number of aromatic hydroxyl groups is 1. The number of piperidine rings is 3. The summed E-state index contributed by atoms with van der Waals surface area (Å²) in [5, 5.41) is 14.6. The zero-order chi connectivity index (χ0) is 18.5. The van der Waals surface area contributed by atoms with Gasteiger partial charge in [-0.05, 0) is 63.4 Å². The van der Waals surface area contributed by atoms with Gasteiger partial charge in [-0.2, -0.15) is 5.10 Å². The fourth-order valence-corrected chi connectivity index (χ4v) is 5.75. The Kier molecular flexibility index (Phi) is 4.25. The molecule has 5 nitrogen and oxygen atoms in total. The van der Waals surface area contributed by atoms with Crippen molar-refractivity contribution in [3.05, 3.63) is 47.8 Å². The normalized spacial score (nSPS) is 32.9. The Hall–Kier alpha value is -1.85. The van der Waals surface area contributed by atoms with Crippen LogP contribution in [0.2, 0.25) is 0 Å². The Bertz CT molecular complexity index is 808. The third kappa shape index (κ3) is 2.97. The van der Waals surface area contributed by atoms with Gasteiger partial charge in [0, 0.05) is 48.9 Å². The van der Waals surface area contributed by atoms with E-state index < -0.39 is 0 Å². The molecule has 5 heterocycles. The molecular formula is C22H30N4O. The Balaban J connectivity index is 1.45. The number of hydrogen-bond donors (Lipinski definition) is 1. The lowest BCUT2D eigenvalue weighted by Crippen LogP contribution is -2.59. The molecule has 0 unspecified atom stereocenters. The molecule has 0 radical (unpaired) electrons. The highest BCUT2D eigenvalue weighted by Crippen LogP contribution is 2.47. The standard InChI is InChI=1S/C22H30N4O/c1-15(2)26-13-16(11-23-26)12-25-14-20(18-4-3-5-19(27)10-18)22-21(25)17-6-8-24(22)9-7-17/h3-5,10-11,13,15,17,20-22,27H,6-9,12,14H2,1-2H3/t20-,21+,22+/m0/s1. The number of phenolic OH excluding ortho intramolecular Hbond substituents is 1. The van der Waals surface area contributed by atoms with Crippen LogP contribution in [0.4, 0.5) is 0 Å². The first-order chi connectivity index (χ1) is 13.1. The number of fused-ring (bicyclic) bond motifs is 2. The number of hydrogen-bond acceptors (Lipinski definition) is 4. The maximum absolute atomic E-state index is 10.0. The molecule has 4 aliphatic heterocycles. The first-order valence-electron chi connectivity index (χ1n) is 10.4. The first-order valence-corrected chi connectivity index (χ1v) is 10.4. The monoisotopic (exact) mass is 366 g/mol. The number of benzene rings is 1. The van der Waals surface area contributed by atoms with E-state index in [2.05, 4.69) is 45.7 Å². The summed E-state index contributed by atoms with van der Waals surface area (Å²) in [6.07, 6.45) is 6.91. The van der Waals surface area contributed by atoms with Gasteiger partial charge in [-0.3, -0.25) is 14.5 Å². The van der Waals surface area contributed by atoms with Crippen LogP contribution >= 0.6 is 0 Å². The van der Waals surface area contributed by atoms with Gasteiger partial charge in [0.1, 0.15) is 5.75 Å². The van der Waals surface area contributed by atoms with E-state index in [0.717, 1.165) is 19.0 Å². The maximum Gasteiger partial charge on any atom is 0.115 e. The lowest BCUT2D eigenvalue weighted by Gasteiger charge is -2.51. The van der Waals surface area contributed by atoms with Crippen LogP contribution in [0.25, 0.3) is 0 Å². The van der Waals surface area contributed by atoms with E-state index >= 15 is 0 Å². The van der Waals surface area contributed by atoms with E-state index in [1.807, 2.05) is 18.3 Å². The minimum Gasteiger partial charge on any atom is -0.508 e. The summed E-state index contributed by atoms with van der Waals surface area (Å²) in [6, 6.07) is 9.56. The van der Waals surface area contributed by atoms with Gasteiger partial charge in [-0.15, -0.1) is 0 Å². The molecule has 0 amide bonds. The summed E-state index contributed by atoms with van der Waals surface area (Å²) in [5.41, 5.74) is 2.60. The van der Waals surface area contributed by atoms with Crippen LogP contribution in [0.15, 0.2) is 36.7 Å². The summed E-state index contributed by atoms with van der Waals surface area (Å²) in [4.78, 5) is 5.42. The predicted octanol–water partition coefficient (Wildman–Crippen LogP) is 3.23. The van der Waals surface area contributed by atoms with Crippen molar-refractivity contribution in [3.63, 3.8) is 0 Å². The van der Waals surface area contributed by atoms with Crippen LogP contribution in [0, 0.1) is 5.92 Å². The summed E-state index contributed by atoms with van der Waals surface area (Å²) < 4.78 is 2.06. The minimum atomic E-state index is 0.386. The Morgan fingerprint density at radius 1 is 1.19 bits per heavy atom. The molecule has 1 aromatic heterocycles. The van der Waals surface area contributed by atoms with Crippen LogP contribution < -0.4 is 0 Å². The molecule has 0 saturated carbocycles.